The Morgan fingerprint density at radius 3 is 2.42 bits per heavy atom. The van der Waals surface area contributed by atoms with Gasteiger partial charge in [0, 0.05) is 18.4 Å². The summed E-state index contributed by atoms with van der Waals surface area (Å²) in [5.41, 5.74) is 3.33. The van der Waals surface area contributed by atoms with Crippen molar-refractivity contribution in [2.45, 2.75) is 58.7 Å². The molecule has 0 saturated carbocycles. The molecule has 0 unspecified atom stereocenters. The summed E-state index contributed by atoms with van der Waals surface area (Å²) in [6.45, 7) is 13.6. The summed E-state index contributed by atoms with van der Waals surface area (Å²) in [7, 11) is 0. The van der Waals surface area contributed by atoms with Crippen LogP contribution in [0.3, 0.4) is 0 Å². The molecule has 2 aromatic heterocycles. The van der Waals surface area contributed by atoms with Gasteiger partial charge in [0.05, 0.1) is 28.7 Å². The standard InChI is InChI=1S/C15H22N4/c1-10(2)19-14(3,4)12-13(15(19,5)6)18-8-7-16-9-11(18)17-12/h7-10H,1-6H3. The molecule has 1 aliphatic heterocycles. The van der Waals surface area contributed by atoms with Gasteiger partial charge in [-0.15, -0.1) is 0 Å². The predicted molar refractivity (Wildman–Crippen MR) is 76.0 cm³/mol. The summed E-state index contributed by atoms with van der Waals surface area (Å²) < 4.78 is 2.19. The lowest BCUT2D eigenvalue weighted by atomic mass is 9.99. The van der Waals surface area contributed by atoms with Gasteiger partial charge in [0.2, 0.25) is 0 Å². The van der Waals surface area contributed by atoms with E-state index >= 15 is 0 Å². The van der Waals surface area contributed by atoms with Crippen molar-refractivity contribution >= 4 is 5.65 Å². The van der Waals surface area contributed by atoms with E-state index in [2.05, 4.69) is 55.8 Å². The molecule has 1 aliphatic rings. The summed E-state index contributed by atoms with van der Waals surface area (Å²) in [6.07, 6.45) is 5.68. The van der Waals surface area contributed by atoms with E-state index in [-0.39, 0.29) is 11.1 Å². The molecular formula is C15H22N4. The van der Waals surface area contributed by atoms with Crippen LogP contribution < -0.4 is 0 Å². The average molecular weight is 258 g/mol. The van der Waals surface area contributed by atoms with Gasteiger partial charge in [-0.3, -0.25) is 14.3 Å². The maximum Gasteiger partial charge on any atom is 0.155 e. The largest absolute Gasteiger partial charge is 0.299 e. The van der Waals surface area contributed by atoms with Crippen LogP contribution in [0.25, 0.3) is 5.65 Å². The van der Waals surface area contributed by atoms with Crippen molar-refractivity contribution in [3.05, 3.63) is 30.0 Å². The minimum atomic E-state index is -0.0565. The van der Waals surface area contributed by atoms with Gasteiger partial charge in [-0.1, -0.05) is 0 Å². The Labute approximate surface area is 114 Å². The third-order valence-electron chi connectivity index (χ3n) is 4.31. The first kappa shape index (κ1) is 12.6. The highest BCUT2D eigenvalue weighted by atomic mass is 15.3. The van der Waals surface area contributed by atoms with Crippen LogP contribution in [0.1, 0.15) is 52.9 Å². The molecule has 4 heteroatoms. The number of hydrogen-bond acceptors (Lipinski definition) is 3. The van der Waals surface area contributed by atoms with Gasteiger partial charge in [0.15, 0.2) is 5.65 Å². The molecule has 2 aromatic rings. The van der Waals surface area contributed by atoms with E-state index in [0.29, 0.717) is 6.04 Å². The number of hydrogen-bond donors (Lipinski definition) is 0. The summed E-state index contributed by atoms with van der Waals surface area (Å²) >= 11 is 0. The highest BCUT2D eigenvalue weighted by Gasteiger charge is 2.53. The maximum atomic E-state index is 4.83. The molecule has 0 spiro atoms. The molecular weight excluding hydrogens is 236 g/mol. The van der Waals surface area contributed by atoms with Crippen LogP contribution >= 0.6 is 0 Å². The Hall–Kier alpha value is -1.42. The normalized spacial score (nSPS) is 21.2. The van der Waals surface area contributed by atoms with Crippen molar-refractivity contribution in [3.8, 4) is 0 Å². The second kappa shape index (κ2) is 3.57. The van der Waals surface area contributed by atoms with Gasteiger partial charge in [0.1, 0.15) is 0 Å². The number of rotatable bonds is 1. The molecule has 0 amide bonds. The van der Waals surface area contributed by atoms with Gasteiger partial charge in [0.25, 0.3) is 0 Å². The van der Waals surface area contributed by atoms with Crippen LogP contribution in [-0.2, 0) is 11.1 Å². The molecule has 0 bridgehead atoms. The minimum absolute atomic E-state index is 0.0340. The van der Waals surface area contributed by atoms with Crippen molar-refractivity contribution in [1.82, 2.24) is 19.3 Å². The summed E-state index contributed by atoms with van der Waals surface area (Å²) in [4.78, 5) is 11.6. The van der Waals surface area contributed by atoms with E-state index in [9.17, 15) is 0 Å². The molecule has 102 valence electrons. The first-order valence-corrected chi connectivity index (χ1v) is 6.90. The zero-order valence-corrected chi connectivity index (χ0v) is 12.6. The lowest BCUT2D eigenvalue weighted by molar-refractivity contribution is 0.00500. The zero-order chi connectivity index (χ0) is 14.0. The van der Waals surface area contributed by atoms with E-state index < -0.39 is 0 Å². The maximum absolute atomic E-state index is 4.83. The SMILES string of the molecule is CC(C)N1C(C)(C)c2nc3cnccn3c2C1(C)C. The fraction of sp³-hybridized carbons (Fsp3) is 0.600. The van der Waals surface area contributed by atoms with Crippen LogP contribution in [0.5, 0.6) is 0 Å². The highest BCUT2D eigenvalue weighted by Crippen LogP contribution is 2.50. The Balaban J connectivity index is 2.36. The van der Waals surface area contributed by atoms with E-state index in [1.807, 2.05) is 18.6 Å². The smallest absolute Gasteiger partial charge is 0.155 e. The molecule has 0 aliphatic carbocycles. The molecule has 0 fully saturated rings. The van der Waals surface area contributed by atoms with Crippen molar-refractivity contribution < 1.29 is 0 Å². The number of fused-ring (bicyclic) bond motifs is 3. The van der Waals surface area contributed by atoms with Gasteiger partial charge in [-0.2, -0.15) is 0 Å². The number of imidazole rings is 1. The van der Waals surface area contributed by atoms with Crippen LogP contribution in [-0.4, -0.2) is 25.3 Å². The lowest BCUT2D eigenvalue weighted by Crippen LogP contribution is -2.50. The van der Waals surface area contributed by atoms with E-state index in [1.165, 1.54) is 11.4 Å². The molecule has 0 radical (unpaired) electrons. The van der Waals surface area contributed by atoms with Crippen molar-refractivity contribution in [2.75, 3.05) is 0 Å². The summed E-state index contributed by atoms with van der Waals surface area (Å²) in [6, 6.07) is 0.469. The molecule has 0 atom stereocenters. The average Bonchev–Trinajstić information content (AvgIpc) is 2.73. The van der Waals surface area contributed by atoms with Crippen molar-refractivity contribution in [1.29, 1.82) is 0 Å². The van der Waals surface area contributed by atoms with Gasteiger partial charge in [-0.25, -0.2) is 4.98 Å². The van der Waals surface area contributed by atoms with Crippen LogP contribution in [0, 0.1) is 0 Å². The molecule has 3 rings (SSSR count). The number of nitrogens with zero attached hydrogens (tertiary/aromatic N) is 4. The first-order chi connectivity index (χ1) is 8.78. The quantitative estimate of drug-likeness (QED) is 0.788. The molecule has 19 heavy (non-hydrogen) atoms. The molecule has 0 aromatic carbocycles. The first-order valence-electron chi connectivity index (χ1n) is 6.90. The lowest BCUT2D eigenvalue weighted by Gasteiger charge is -2.43. The third-order valence-corrected chi connectivity index (χ3v) is 4.31. The van der Waals surface area contributed by atoms with E-state index in [0.717, 1.165) is 5.65 Å². The molecule has 4 nitrogen and oxygen atoms in total. The fourth-order valence-electron chi connectivity index (χ4n) is 4.14. The predicted octanol–water partition coefficient (Wildman–Crippen LogP) is 2.92. The zero-order valence-electron chi connectivity index (χ0n) is 12.6. The number of aromatic nitrogens is 3. The topological polar surface area (TPSA) is 33.4 Å². The van der Waals surface area contributed by atoms with E-state index in [4.69, 9.17) is 4.98 Å². The van der Waals surface area contributed by atoms with Gasteiger partial charge in [-0.05, 0) is 41.5 Å². The Morgan fingerprint density at radius 1 is 1.11 bits per heavy atom. The van der Waals surface area contributed by atoms with Crippen LogP contribution in [0.4, 0.5) is 0 Å². The molecule has 3 heterocycles. The van der Waals surface area contributed by atoms with Gasteiger partial charge >= 0.3 is 0 Å². The summed E-state index contributed by atoms with van der Waals surface area (Å²) in [5.74, 6) is 0. The van der Waals surface area contributed by atoms with Crippen molar-refractivity contribution in [3.63, 3.8) is 0 Å². The fourth-order valence-corrected chi connectivity index (χ4v) is 4.14. The Bertz CT molecular complexity index is 637. The third kappa shape index (κ3) is 1.43. The summed E-state index contributed by atoms with van der Waals surface area (Å²) in [5, 5.41) is 0. The van der Waals surface area contributed by atoms with Crippen molar-refractivity contribution in [2.24, 2.45) is 0 Å². The van der Waals surface area contributed by atoms with Gasteiger partial charge < -0.3 is 0 Å². The Morgan fingerprint density at radius 2 is 1.79 bits per heavy atom. The molecule has 0 N–H and O–H groups in total. The minimum Gasteiger partial charge on any atom is -0.299 e. The van der Waals surface area contributed by atoms with Crippen LogP contribution in [0.2, 0.25) is 0 Å². The van der Waals surface area contributed by atoms with Crippen LogP contribution in [0.15, 0.2) is 18.6 Å². The Kier molecular flexibility index (Phi) is 2.37. The highest BCUT2D eigenvalue weighted by molar-refractivity contribution is 5.48. The monoisotopic (exact) mass is 258 g/mol. The second-order valence-corrected chi connectivity index (χ2v) is 6.70. The van der Waals surface area contributed by atoms with E-state index in [1.54, 1.807) is 0 Å². The second-order valence-electron chi connectivity index (χ2n) is 6.70. The molecule has 0 saturated heterocycles.